The molecule has 2 rings (SSSR count). The van der Waals surface area contributed by atoms with Crippen molar-refractivity contribution < 1.29 is 4.52 Å². The van der Waals surface area contributed by atoms with Gasteiger partial charge in [-0.15, -0.1) is 24.0 Å². The lowest BCUT2D eigenvalue weighted by Gasteiger charge is -2.02. The quantitative estimate of drug-likeness (QED) is 0.293. The van der Waals surface area contributed by atoms with Gasteiger partial charge < -0.3 is 15.6 Å². The van der Waals surface area contributed by atoms with Crippen molar-refractivity contribution in [3.63, 3.8) is 0 Å². The minimum absolute atomic E-state index is 0. The van der Waals surface area contributed by atoms with E-state index in [2.05, 4.69) is 27.4 Å². The highest BCUT2D eigenvalue weighted by Crippen LogP contribution is 2.19. The molecule has 0 saturated carbocycles. The number of nitrogens with one attached hydrogen (secondary N) is 1. The van der Waals surface area contributed by atoms with Crippen molar-refractivity contribution >= 4 is 41.5 Å². The summed E-state index contributed by atoms with van der Waals surface area (Å²) in [6.07, 6.45) is 2.72. The van der Waals surface area contributed by atoms with Gasteiger partial charge in [0.15, 0.2) is 5.96 Å². The Kier molecular flexibility index (Phi) is 8.93. The maximum atomic E-state index is 5.95. The van der Waals surface area contributed by atoms with Crippen LogP contribution in [-0.4, -0.2) is 29.2 Å². The lowest BCUT2D eigenvalue weighted by atomic mass is 10.2. The Morgan fingerprint density at radius 1 is 1.43 bits per heavy atom. The zero-order valence-corrected chi connectivity index (χ0v) is 16.0. The average molecular weight is 450 g/mol. The Bertz CT molecular complexity index is 632. The third-order valence-electron chi connectivity index (χ3n) is 2.99. The van der Waals surface area contributed by atoms with Gasteiger partial charge in [0, 0.05) is 30.1 Å². The van der Waals surface area contributed by atoms with Crippen molar-refractivity contribution in [1.29, 1.82) is 0 Å². The third kappa shape index (κ3) is 6.74. The first kappa shape index (κ1) is 19.7. The van der Waals surface area contributed by atoms with Gasteiger partial charge in [0.1, 0.15) is 0 Å². The van der Waals surface area contributed by atoms with Gasteiger partial charge in [-0.1, -0.05) is 42.2 Å². The monoisotopic (exact) mass is 449 g/mol. The predicted octanol–water partition coefficient (Wildman–Crippen LogP) is 3.25. The van der Waals surface area contributed by atoms with Crippen molar-refractivity contribution in [2.75, 3.05) is 13.1 Å². The number of aliphatic imine (C=N–C) groups is 1. The standard InChI is InChI=1S/C15H20ClN5O.HI/c1-2-3-8-18-15(17)19-9-7-13-20-14(21-22-13)11-5-4-6-12(16)10-11;/h4-6,10H,2-3,7-9H2,1H3,(H3,17,18,19);1H. The fourth-order valence-electron chi connectivity index (χ4n) is 1.81. The van der Waals surface area contributed by atoms with Gasteiger partial charge in [-0.2, -0.15) is 4.98 Å². The van der Waals surface area contributed by atoms with Gasteiger partial charge in [-0.3, -0.25) is 4.99 Å². The highest BCUT2D eigenvalue weighted by molar-refractivity contribution is 14.0. The number of guanidine groups is 1. The number of hydrogen-bond donors (Lipinski definition) is 2. The van der Waals surface area contributed by atoms with Crippen molar-refractivity contribution in [3.05, 3.63) is 35.2 Å². The van der Waals surface area contributed by atoms with Crippen LogP contribution < -0.4 is 11.1 Å². The first-order chi connectivity index (χ1) is 10.7. The second kappa shape index (κ2) is 10.4. The zero-order valence-electron chi connectivity index (χ0n) is 13.0. The molecule has 0 radical (unpaired) electrons. The molecule has 3 N–H and O–H groups in total. The summed E-state index contributed by atoms with van der Waals surface area (Å²) in [7, 11) is 0. The number of unbranched alkanes of at least 4 members (excludes halogenated alkanes) is 1. The molecule has 1 heterocycles. The summed E-state index contributed by atoms with van der Waals surface area (Å²) in [5.74, 6) is 1.52. The number of nitrogens with two attached hydrogens (primary N) is 1. The fraction of sp³-hybridized carbons (Fsp3) is 0.400. The van der Waals surface area contributed by atoms with Gasteiger partial charge in [-0.05, 0) is 18.6 Å². The largest absolute Gasteiger partial charge is 0.370 e. The van der Waals surface area contributed by atoms with Crippen LogP contribution in [0.15, 0.2) is 33.8 Å². The molecule has 0 bridgehead atoms. The van der Waals surface area contributed by atoms with E-state index in [9.17, 15) is 0 Å². The number of benzene rings is 1. The normalized spacial score (nSPS) is 11.1. The molecule has 0 saturated heterocycles. The van der Waals surface area contributed by atoms with E-state index in [4.69, 9.17) is 21.9 Å². The van der Waals surface area contributed by atoms with Crippen LogP contribution in [0.3, 0.4) is 0 Å². The van der Waals surface area contributed by atoms with E-state index in [1.165, 1.54) is 0 Å². The van der Waals surface area contributed by atoms with Crippen molar-refractivity contribution in [3.8, 4) is 11.4 Å². The Hall–Kier alpha value is -1.35. The first-order valence-electron chi connectivity index (χ1n) is 7.31. The molecule has 0 atom stereocenters. The molecule has 0 aliphatic heterocycles. The van der Waals surface area contributed by atoms with E-state index < -0.39 is 0 Å². The molecule has 0 aliphatic carbocycles. The smallest absolute Gasteiger partial charge is 0.228 e. The van der Waals surface area contributed by atoms with E-state index in [1.807, 2.05) is 12.1 Å². The van der Waals surface area contributed by atoms with Gasteiger partial charge >= 0.3 is 0 Å². The van der Waals surface area contributed by atoms with Gasteiger partial charge in [0.2, 0.25) is 11.7 Å². The molecule has 0 amide bonds. The number of halogens is 2. The van der Waals surface area contributed by atoms with Gasteiger partial charge in [0.05, 0.1) is 0 Å². The summed E-state index contributed by atoms with van der Waals surface area (Å²) in [5.41, 5.74) is 6.58. The summed E-state index contributed by atoms with van der Waals surface area (Å²) in [6, 6.07) is 7.34. The van der Waals surface area contributed by atoms with E-state index in [-0.39, 0.29) is 24.0 Å². The summed E-state index contributed by atoms with van der Waals surface area (Å²) >= 11 is 5.95. The molecule has 8 heteroatoms. The number of nitrogens with zero attached hydrogens (tertiary/aromatic N) is 3. The van der Waals surface area contributed by atoms with Crippen molar-refractivity contribution in [1.82, 2.24) is 15.5 Å². The van der Waals surface area contributed by atoms with Crippen molar-refractivity contribution in [2.24, 2.45) is 10.7 Å². The average Bonchev–Trinajstić information content (AvgIpc) is 2.96. The number of rotatable bonds is 7. The maximum Gasteiger partial charge on any atom is 0.228 e. The molecule has 6 nitrogen and oxygen atoms in total. The molecule has 1 aromatic carbocycles. The Morgan fingerprint density at radius 3 is 3.00 bits per heavy atom. The van der Waals surface area contributed by atoms with E-state index in [0.717, 1.165) is 24.9 Å². The van der Waals surface area contributed by atoms with Crippen LogP contribution in [0.5, 0.6) is 0 Å². The Balaban J connectivity index is 0.00000264. The summed E-state index contributed by atoms with van der Waals surface area (Å²) in [4.78, 5) is 8.55. The van der Waals surface area contributed by atoms with Crippen LogP contribution in [0.2, 0.25) is 5.02 Å². The Morgan fingerprint density at radius 2 is 2.26 bits per heavy atom. The number of hydrogen-bond acceptors (Lipinski definition) is 4. The summed E-state index contributed by atoms with van der Waals surface area (Å²) < 4.78 is 5.21. The van der Waals surface area contributed by atoms with Crippen LogP contribution in [0.25, 0.3) is 11.4 Å². The lowest BCUT2D eigenvalue weighted by molar-refractivity contribution is 0.379. The van der Waals surface area contributed by atoms with Gasteiger partial charge in [0.25, 0.3) is 0 Å². The van der Waals surface area contributed by atoms with Crippen LogP contribution in [0.1, 0.15) is 25.7 Å². The molecule has 0 unspecified atom stereocenters. The molecular weight excluding hydrogens is 429 g/mol. The molecular formula is C15H21ClIN5O. The summed E-state index contributed by atoms with van der Waals surface area (Å²) in [6.45, 7) is 3.46. The molecule has 126 valence electrons. The highest BCUT2D eigenvalue weighted by Gasteiger charge is 2.08. The third-order valence-corrected chi connectivity index (χ3v) is 3.22. The molecule has 0 spiro atoms. The first-order valence-corrected chi connectivity index (χ1v) is 7.69. The molecule has 2 aromatic rings. The minimum atomic E-state index is 0. The molecule has 23 heavy (non-hydrogen) atoms. The molecule has 0 fully saturated rings. The van der Waals surface area contributed by atoms with Gasteiger partial charge in [-0.25, -0.2) is 0 Å². The SMILES string of the molecule is CCCCN=C(N)NCCc1nc(-c2cccc(Cl)c2)no1.I. The second-order valence-electron chi connectivity index (χ2n) is 4.82. The van der Waals surface area contributed by atoms with E-state index in [1.54, 1.807) is 12.1 Å². The van der Waals surface area contributed by atoms with E-state index in [0.29, 0.717) is 35.7 Å². The van der Waals surface area contributed by atoms with Crippen LogP contribution in [0, 0.1) is 0 Å². The fourth-order valence-corrected chi connectivity index (χ4v) is 2.00. The lowest BCUT2D eigenvalue weighted by Crippen LogP contribution is -2.33. The van der Waals surface area contributed by atoms with Crippen LogP contribution in [-0.2, 0) is 6.42 Å². The Labute approximate surface area is 157 Å². The van der Waals surface area contributed by atoms with Crippen molar-refractivity contribution in [2.45, 2.75) is 26.2 Å². The number of aromatic nitrogens is 2. The molecule has 0 aliphatic rings. The van der Waals surface area contributed by atoms with E-state index >= 15 is 0 Å². The second-order valence-corrected chi connectivity index (χ2v) is 5.26. The molecule has 1 aromatic heterocycles. The predicted molar refractivity (Wildman–Crippen MR) is 103 cm³/mol. The van der Waals surface area contributed by atoms with Crippen LogP contribution >= 0.6 is 35.6 Å². The topological polar surface area (TPSA) is 89.3 Å². The summed E-state index contributed by atoms with van der Waals surface area (Å²) in [5, 5.41) is 7.62. The zero-order chi connectivity index (χ0) is 15.8. The minimum Gasteiger partial charge on any atom is -0.370 e. The van der Waals surface area contributed by atoms with Crippen LogP contribution in [0.4, 0.5) is 0 Å². The maximum absolute atomic E-state index is 5.95. The highest BCUT2D eigenvalue weighted by atomic mass is 127.